The molecular formula is C13H10BrClN2O2. The zero-order chi connectivity index (χ0) is 13.8. The first-order valence-corrected chi connectivity index (χ1v) is 6.54. The quantitative estimate of drug-likeness (QED) is 0.865. The Hall–Kier alpha value is -1.59. The Morgan fingerprint density at radius 2 is 2.21 bits per heavy atom. The first-order valence-electron chi connectivity index (χ1n) is 5.37. The van der Waals surface area contributed by atoms with E-state index in [0.29, 0.717) is 17.0 Å². The minimum Gasteiger partial charge on any atom is -0.496 e. The number of nitrogens with zero attached hydrogens (tertiary/aromatic N) is 1. The van der Waals surface area contributed by atoms with Crippen molar-refractivity contribution in [2.24, 2.45) is 0 Å². The van der Waals surface area contributed by atoms with E-state index in [9.17, 15) is 4.79 Å². The Balaban J connectivity index is 2.28. The lowest BCUT2D eigenvalue weighted by Crippen LogP contribution is -2.13. The average Bonchev–Trinajstić information content (AvgIpc) is 2.41. The van der Waals surface area contributed by atoms with Crippen LogP contribution < -0.4 is 10.1 Å². The van der Waals surface area contributed by atoms with Crippen molar-refractivity contribution in [3.05, 3.63) is 51.7 Å². The molecule has 0 atom stereocenters. The number of hydrogen-bond donors (Lipinski definition) is 1. The van der Waals surface area contributed by atoms with Gasteiger partial charge >= 0.3 is 0 Å². The highest BCUT2D eigenvalue weighted by molar-refractivity contribution is 9.10. The Morgan fingerprint density at radius 3 is 2.89 bits per heavy atom. The maximum atomic E-state index is 12.2. The first kappa shape index (κ1) is 13.8. The van der Waals surface area contributed by atoms with Crippen LogP contribution in [0.5, 0.6) is 5.75 Å². The summed E-state index contributed by atoms with van der Waals surface area (Å²) in [5, 5.41) is 2.93. The molecule has 0 fully saturated rings. The summed E-state index contributed by atoms with van der Waals surface area (Å²) in [7, 11) is 1.51. The van der Waals surface area contributed by atoms with Crippen molar-refractivity contribution in [1.29, 1.82) is 0 Å². The topological polar surface area (TPSA) is 51.2 Å². The monoisotopic (exact) mass is 340 g/mol. The smallest absolute Gasteiger partial charge is 0.259 e. The molecule has 19 heavy (non-hydrogen) atoms. The fourth-order valence-corrected chi connectivity index (χ4v) is 2.03. The highest BCUT2D eigenvalue weighted by Crippen LogP contribution is 2.25. The van der Waals surface area contributed by atoms with Gasteiger partial charge in [-0.1, -0.05) is 27.5 Å². The van der Waals surface area contributed by atoms with Gasteiger partial charge in [0, 0.05) is 10.7 Å². The summed E-state index contributed by atoms with van der Waals surface area (Å²) in [5.74, 6) is 0.172. The zero-order valence-corrected chi connectivity index (χ0v) is 12.3. The van der Waals surface area contributed by atoms with Crippen LogP contribution in [0.15, 0.2) is 41.0 Å². The van der Waals surface area contributed by atoms with E-state index < -0.39 is 0 Å². The molecule has 0 aliphatic carbocycles. The van der Waals surface area contributed by atoms with E-state index >= 15 is 0 Å². The largest absolute Gasteiger partial charge is 0.496 e. The molecule has 0 saturated carbocycles. The number of halogens is 2. The maximum Gasteiger partial charge on any atom is 0.259 e. The van der Waals surface area contributed by atoms with Crippen molar-refractivity contribution >= 4 is 39.1 Å². The molecule has 0 aliphatic rings. The van der Waals surface area contributed by atoms with Crippen LogP contribution in [-0.4, -0.2) is 18.0 Å². The van der Waals surface area contributed by atoms with Crippen molar-refractivity contribution in [2.45, 2.75) is 0 Å². The summed E-state index contributed by atoms with van der Waals surface area (Å²) < 4.78 is 6.01. The van der Waals surface area contributed by atoms with Crippen LogP contribution in [0.3, 0.4) is 0 Å². The van der Waals surface area contributed by atoms with Gasteiger partial charge in [-0.05, 0) is 30.3 Å². The van der Waals surface area contributed by atoms with Crippen LogP contribution in [-0.2, 0) is 0 Å². The molecule has 0 saturated heterocycles. The standard InChI is InChI=1S/C13H10BrClN2O2/c1-19-11-7-8(14)4-5-9(11)13(18)17-10-3-2-6-16-12(10)15/h2-7H,1H3,(H,17,18). The Labute approximate surface area is 123 Å². The van der Waals surface area contributed by atoms with E-state index in [-0.39, 0.29) is 11.1 Å². The fraction of sp³-hybridized carbons (Fsp3) is 0.0769. The predicted molar refractivity (Wildman–Crippen MR) is 77.9 cm³/mol. The first-order chi connectivity index (χ1) is 9.11. The highest BCUT2D eigenvalue weighted by atomic mass is 79.9. The highest BCUT2D eigenvalue weighted by Gasteiger charge is 2.14. The van der Waals surface area contributed by atoms with Gasteiger partial charge < -0.3 is 10.1 Å². The number of aromatic nitrogens is 1. The summed E-state index contributed by atoms with van der Waals surface area (Å²) in [5.41, 5.74) is 0.879. The molecule has 4 nitrogen and oxygen atoms in total. The van der Waals surface area contributed by atoms with Crippen molar-refractivity contribution in [3.63, 3.8) is 0 Å². The molecule has 1 aromatic carbocycles. The van der Waals surface area contributed by atoms with Crippen molar-refractivity contribution in [1.82, 2.24) is 4.98 Å². The zero-order valence-electron chi connectivity index (χ0n) is 9.98. The number of carbonyl (C=O) groups excluding carboxylic acids is 1. The molecule has 2 rings (SSSR count). The Morgan fingerprint density at radius 1 is 1.42 bits per heavy atom. The third-order valence-electron chi connectivity index (χ3n) is 2.42. The number of benzene rings is 1. The summed E-state index contributed by atoms with van der Waals surface area (Å²) in [4.78, 5) is 16.1. The second-order valence-corrected chi connectivity index (χ2v) is 4.91. The molecule has 0 bridgehead atoms. The summed E-state index contributed by atoms with van der Waals surface area (Å²) in [6.45, 7) is 0. The van der Waals surface area contributed by atoms with Crippen molar-refractivity contribution in [2.75, 3.05) is 12.4 Å². The summed E-state index contributed by atoms with van der Waals surface area (Å²) >= 11 is 9.21. The van der Waals surface area contributed by atoms with Gasteiger partial charge in [-0.25, -0.2) is 4.98 Å². The van der Waals surface area contributed by atoms with E-state index in [2.05, 4.69) is 26.2 Å². The van der Waals surface area contributed by atoms with Crippen LogP contribution >= 0.6 is 27.5 Å². The molecule has 0 unspecified atom stereocenters. The lowest BCUT2D eigenvalue weighted by molar-refractivity contribution is 0.102. The van der Waals surface area contributed by atoms with Crippen LogP contribution in [0.1, 0.15) is 10.4 Å². The second kappa shape index (κ2) is 6.04. The van der Waals surface area contributed by atoms with Crippen LogP contribution in [0, 0.1) is 0 Å². The van der Waals surface area contributed by atoms with E-state index in [4.69, 9.17) is 16.3 Å². The molecule has 1 N–H and O–H groups in total. The van der Waals surface area contributed by atoms with Gasteiger partial charge in [0.15, 0.2) is 5.15 Å². The van der Waals surface area contributed by atoms with E-state index in [1.54, 1.807) is 36.5 Å². The van der Waals surface area contributed by atoms with Gasteiger partial charge in [-0.2, -0.15) is 0 Å². The number of amides is 1. The third kappa shape index (κ3) is 3.24. The molecule has 2 aromatic rings. The number of rotatable bonds is 3. The number of pyridine rings is 1. The lowest BCUT2D eigenvalue weighted by Gasteiger charge is -2.10. The number of carbonyl (C=O) groups is 1. The van der Waals surface area contributed by atoms with Crippen LogP contribution in [0.2, 0.25) is 5.15 Å². The molecular weight excluding hydrogens is 332 g/mol. The van der Waals surface area contributed by atoms with Crippen molar-refractivity contribution in [3.8, 4) is 5.75 Å². The van der Waals surface area contributed by atoms with Crippen molar-refractivity contribution < 1.29 is 9.53 Å². The minimum absolute atomic E-state index is 0.243. The number of hydrogen-bond acceptors (Lipinski definition) is 3. The van der Waals surface area contributed by atoms with E-state index in [0.717, 1.165) is 4.47 Å². The Kier molecular flexibility index (Phi) is 4.39. The molecule has 98 valence electrons. The van der Waals surface area contributed by atoms with Gasteiger partial charge in [-0.3, -0.25) is 4.79 Å². The normalized spacial score (nSPS) is 10.1. The average molecular weight is 342 g/mol. The molecule has 1 amide bonds. The lowest BCUT2D eigenvalue weighted by atomic mass is 10.2. The van der Waals surface area contributed by atoms with Gasteiger partial charge in [0.25, 0.3) is 5.91 Å². The SMILES string of the molecule is COc1cc(Br)ccc1C(=O)Nc1cccnc1Cl. The number of ether oxygens (including phenoxy) is 1. The molecule has 0 radical (unpaired) electrons. The van der Waals surface area contributed by atoms with Gasteiger partial charge in [0.05, 0.1) is 18.4 Å². The van der Waals surface area contributed by atoms with Gasteiger partial charge in [0.2, 0.25) is 0 Å². The fourth-order valence-electron chi connectivity index (χ4n) is 1.52. The maximum absolute atomic E-state index is 12.2. The predicted octanol–water partition coefficient (Wildman–Crippen LogP) is 3.76. The molecule has 1 heterocycles. The van der Waals surface area contributed by atoms with E-state index in [1.807, 2.05) is 0 Å². The van der Waals surface area contributed by atoms with Gasteiger partial charge in [-0.15, -0.1) is 0 Å². The number of nitrogens with one attached hydrogen (secondary N) is 1. The third-order valence-corrected chi connectivity index (χ3v) is 3.21. The van der Waals surface area contributed by atoms with Crippen LogP contribution in [0.25, 0.3) is 0 Å². The summed E-state index contributed by atoms with van der Waals surface area (Å²) in [6, 6.07) is 8.53. The minimum atomic E-state index is -0.306. The van der Waals surface area contributed by atoms with E-state index in [1.165, 1.54) is 7.11 Å². The second-order valence-electron chi connectivity index (χ2n) is 3.64. The summed E-state index contributed by atoms with van der Waals surface area (Å²) in [6.07, 6.45) is 1.55. The molecule has 1 aromatic heterocycles. The molecule has 0 aliphatic heterocycles. The number of methoxy groups -OCH3 is 1. The molecule has 6 heteroatoms. The number of anilines is 1. The van der Waals surface area contributed by atoms with Crippen LogP contribution in [0.4, 0.5) is 5.69 Å². The molecule has 0 spiro atoms. The van der Waals surface area contributed by atoms with Gasteiger partial charge in [0.1, 0.15) is 5.75 Å². The Bertz CT molecular complexity index is 619.